The molecule has 126 valence electrons. The van der Waals surface area contributed by atoms with Crippen LogP contribution in [0.4, 0.5) is 0 Å². The number of aromatic nitrogens is 2. The molecule has 1 aliphatic heterocycles. The second-order valence-corrected chi connectivity index (χ2v) is 5.94. The summed E-state index contributed by atoms with van der Waals surface area (Å²) in [7, 11) is 0. The highest BCUT2D eigenvalue weighted by Gasteiger charge is 2.32. The molecule has 0 aliphatic carbocycles. The Morgan fingerprint density at radius 3 is 2.96 bits per heavy atom. The number of nitrogens with zero attached hydrogens (tertiary/aromatic N) is 3. The lowest BCUT2D eigenvalue weighted by molar-refractivity contribution is -0.119. The first-order chi connectivity index (χ1) is 11.5. The molecule has 1 atom stereocenters. The van der Waals surface area contributed by atoms with Gasteiger partial charge in [0.2, 0.25) is 5.91 Å². The third-order valence-corrected chi connectivity index (χ3v) is 4.05. The summed E-state index contributed by atoms with van der Waals surface area (Å²) in [4.78, 5) is 30.1. The second kappa shape index (κ2) is 6.82. The lowest BCUT2D eigenvalue weighted by Gasteiger charge is -2.23. The maximum absolute atomic E-state index is 12.7. The zero-order valence-electron chi connectivity index (χ0n) is 13.8. The monoisotopic (exact) mass is 328 g/mol. The normalized spacial score (nSPS) is 17.1. The number of likely N-dealkylation sites (tertiary alicyclic amines) is 1. The van der Waals surface area contributed by atoms with Crippen molar-refractivity contribution in [2.24, 2.45) is 0 Å². The summed E-state index contributed by atoms with van der Waals surface area (Å²) < 4.78 is 5.01. The molecule has 3 rings (SSSR count). The maximum Gasteiger partial charge on any atom is 0.276 e. The van der Waals surface area contributed by atoms with Crippen LogP contribution in [0.2, 0.25) is 0 Å². The fourth-order valence-corrected chi connectivity index (χ4v) is 2.93. The Kier molecular flexibility index (Phi) is 4.59. The molecule has 1 saturated heterocycles. The predicted octanol–water partition coefficient (Wildman–Crippen LogP) is 1.99. The Morgan fingerprint density at radius 2 is 2.25 bits per heavy atom. The molecule has 0 unspecified atom stereocenters. The number of carbonyl (C=O) groups excluding carboxylic acids is 2. The van der Waals surface area contributed by atoms with Crippen LogP contribution in [0.3, 0.4) is 0 Å². The van der Waals surface area contributed by atoms with Crippen LogP contribution in [0.15, 0.2) is 28.8 Å². The van der Waals surface area contributed by atoms with E-state index in [-0.39, 0.29) is 17.9 Å². The highest BCUT2D eigenvalue weighted by molar-refractivity contribution is 5.92. The highest BCUT2D eigenvalue weighted by Crippen LogP contribution is 2.32. The molecule has 0 aromatic carbocycles. The fourth-order valence-electron chi connectivity index (χ4n) is 2.93. The highest BCUT2D eigenvalue weighted by atomic mass is 16.5. The van der Waals surface area contributed by atoms with Crippen LogP contribution in [-0.2, 0) is 11.3 Å². The third-order valence-electron chi connectivity index (χ3n) is 4.05. The van der Waals surface area contributed by atoms with Gasteiger partial charge in [-0.1, -0.05) is 11.2 Å². The molecule has 0 bridgehead atoms. The lowest BCUT2D eigenvalue weighted by Crippen LogP contribution is -2.31. The van der Waals surface area contributed by atoms with E-state index in [0.717, 1.165) is 24.2 Å². The zero-order valence-corrected chi connectivity index (χ0v) is 13.8. The van der Waals surface area contributed by atoms with Gasteiger partial charge in [-0.05, 0) is 31.9 Å². The average molecular weight is 328 g/mol. The predicted molar refractivity (Wildman–Crippen MR) is 86.0 cm³/mol. The van der Waals surface area contributed by atoms with Crippen LogP contribution in [0.25, 0.3) is 0 Å². The van der Waals surface area contributed by atoms with E-state index >= 15 is 0 Å². The molecule has 1 aliphatic rings. The van der Waals surface area contributed by atoms with Gasteiger partial charge in [0.15, 0.2) is 5.69 Å². The van der Waals surface area contributed by atoms with E-state index in [1.54, 1.807) is 17.9 Å². The van der Waals surface area contributed by atoms with Gasteiger partial charge in [0, 0.05) is 19.5 Å². The van der Waals surface area contributed by atoms with Crippen LogP contribution < -0.4 is 5.32 Å². The molecule has 2 aromatic heterocycles. The first-order valence-corrected chi connectivity index (χ1v) is 7.99. The minimum Gasteiger partial charge on any atom is -0.361 e. The van der Waals surface area contributed by atoms with Crippen LogP contribution in [0.5, 0.6) is 0 Å². The number of aryl methyl sites for hydroxylation is 1. The quantitative estimate of drug-likeness (QED) is 0.927. The summed E-state index contributed by atoms with van der Waals surface area (Å²) in [5, 5.41) is 6.56. The molecule has 3 heterocycles. The van der Waals surface area contributed by atoms with Gasteiger partial charge in [0.1, 0.15) is 5.76 Å². The van der Waals surface area contributed by atoms with Crippen molar-refractivity contribution < 1.29 is 14.1 Å². The number of amides is 2. The lowest BCUT2D eigenvalue weighted by atomic mass is 10.1. The fraction of sp³-hybridized carbons (Fsp3) is 0.412. The van der Waals surface area contributed by atoms with Gasteiger partial charge < -0.3 is 14.7 Å². The molecule has 2 amide bonds. The van der Waals surface area contributed by atoms with Crippen LogP contribution in [0.1, 0.15) is 53.4 Å². The zero-order chi connectivity index (χ0) is 17.1. The van der Waals surface area contributed by atoms with Gasteiger partial charge in [-0.25, -0.2) is 0 Å². The average Bonchev–Trinajstić information content (AvgIpc) is 3.21. The van der Waals surface area contributed by atoms with Gasteiger partial charge in [-0.2, -0.15) is 0 Å². The van der Waals surface area contributed by atoms with E-state index in [0.29, 0.717) is 24.5 Å². The molecule has 24 heavy (non-hydrogen) atoms. The third kappa shape index (κ3) is 3.45. The Labute approximate surface area is 140 Å². The van der Waals surface area contributed by atoms with Crippen molar-refractivity contribution in [3.8, 4) is 0 Å². The van der Waals surface area contributed by atoms with Gasteiger partial charge in [-0.3, -0.25) is 14.6 Å². The van der Waals surface area contributed by atoms with Crippen molar-refractivity contribution in [2.75, 3.05) is 6.54 Å². The first kappa shape index (κ1) is 16.2. The molecular formula is C17H20N4O3. The molecule has 1 fully saturated rings. The SMILES string of the molecule is CC(=O)NCc1cccc([C@H]2CCCN2C(=O)c2cc(C)on2)n1. The standard InChI is InChI=1S/C17H20N4O3/c1-11-9-15(20-24-11)17(23)21-8-4-7-16(21)14-6-3-5-13(19-14)10-18-12(2)22/h3,5-6,9,16H,4,7-8,10H2,1-2H3,(H,18,22)/t16-/m1/s1. The van der Waals surface area contributed by atoms with Crippen LogP contribution in [-0.4, -0.2) is 33.4 Å². The van der Waals surface area contributed by atoms with Gasteiger partial charge in [-0.15, -0.1) is 0 Å². The van der Waals surface area contributed by atoms with E-state index < -0.39 is 0 Å². The molecular weight excluding hydrogens is 308 g/mol. The van der Waals surface area contributed by atoms with Crippen molar-refractivity contribution >= 4 is 11.8 Å². The molecule has 1 N–H and O–H groups in total. The number of hydrogen-bond acceptors (Lipinski definition) is 5. The summed E-state index contributed by atoms with van der Waals surface area (Å²) in [5.41, 5.74) is 1.94. The summed E-state index contributed by atoms with van der Waals surface area (Å²) in [6.07, 6.45) is 1.78. The Bertz CT molecular complexity index is 756. The number of nitrogens with one attached hydrogen (secondary N) is 1. The molecule has 7 nitrogen and oxygen atoms in total. The summed E-state index contributed by atoms with van der Waals surface area (Å²) in [6.45, 7) is 4.29. The van der Waals surface area contributed by atoms with Gasteiger partial charge >= 0.3 is 0 Å². The number of hydrogen-bond donors (Lipinski definition) is 1. The molecule has 0 spiro atoms. The van der Waals surface area contributed by atoms with Crippen LogP contribution in [0, 0.1) is 6.92 Å². The minimum atomic E-state index is -0.136. The second-order valence-electron chi connectivity index (χ2n) is 5.94. The van der Waals surface area contributed by atoms with E-state index in [1.165, 1.54) is 6.92 Å². The Balaban J connectivity index is 1.79. The van der Waals surface area contributed by atoms with Gasteiger partial charge in [0.05, 0.1) is 24.0 Å². The molecule has 0 radical (unpaired) electrons. The maximum atomic E-state index is 12.7. The first-order valence-electron chi connectivity index (χ1n) is 7.99. The largest absolute Gasteiger partial charge is 0.361 e. The van der Waals surface area contributed by atoms with Crippen LogP contribution >= 0.6 is 0 Å². The van der Waals surface area contributed by atoms with Crippen molar-refractivity contribution in [1.82, 2.24) is 20.4 Å². The smallest absolute Gasteiger partial charge is 0.276 e. The number of pyridine rings is 1. The van der Waals surface area contributed by atoms with E-state index in [2.05, 4.69) is 15.5 Å². The van der Waals surface area contributed by atoms with Gasteiger partial charge in [0.25, 0.3) is 5.91 Å². The summed E-state index contributed by atoms with van der Waals surface area (Å²) >= 11 is 0. The Morgan fingerprint density at radius 1 is 1.42 bits per heavy atom. The van der Waals surface area contributed by atoms with E-state index in [1.807, 2.05) is 18.2 Å². The molecule has 7 heteroatoms. The topological polar surface area (TPSA) is 88.3 Å². The van der Waals surface area contributed by atoms with E-state index in [4.69, 9.17) is 4.52 Å². The molecule has 0 saturated carbocycles. The summed E-state index contributed by atoms with van der Waals surface area (Å²) in [6, 6.07) is 7.26. The molecule has 2 aromatic rings. The van der Waals surface area contributed by atoms with Crippen molar-refractivity contribution in [2.45, 2.75) is 39.3 Å². The number of carbonyl (C=O) groups is 2. The van der Waals surface area contributed by atoms with Crippen molar-refractivity contribution in [3.05, 3.63) is 47.1 Å². The number of rotatable bonds is 4. The van der Waals surface area contributed by atoms with E-state index in [9.17, 15) is 9.59 Å². The van der Waals surface area contributed by atoms with Crippen molar-refractivity contribution in [3.63, 3.8) is 0 Å². The minimum absolute atomic E-state index is 0.0771. The van der Waals surface area contributed by atoms with Crippen molar-refractivity contribution in [1.29, 1.82) is 0 Å². The summed E-state index contributed by atoms with van der Waals surface area (Å²) in [5.74, 6) is 0.384. The Hall–Kier alpha value is -2.70.